The van der Waals surface area contributed by atoms with E-state index in [1.54, 1.807) is 0 Å². The smallest absolute Gasteiger partial charge is 0.328 e. The third-order valence-corrected chi connectivity index (χ3v) is 2.68. The molecule has 0 saturated heterocycles. The number of rotatable bonds is 10. The first-order chi connectivity index (χ1) is 9.40. The molecule has 0 unspecified atom stereocenters. The van der Waals surface area contributed by atoms with Gasteiger partial charge in [0.1, 0.15) is 6.04 Å². The van der Waals surface area contributed by atoms with E-state index in [9.17, 15) is 14.7 Å². The van der Waals surface area contributed by atoms with Gasteiger partial charge in [0, 0.05) is 20.0 Å². The van der Waals surface area contributed by atoms with Gasteiger partial charge in [-0.3, -0.25) is 14.8 Å². The maximum Gasteiger partial charge on any atom is 0.328 e. The van der Waals surface area contributed by atoms with Gasteiger partial charge in [0.05, 0.1) is 0 Å². The molecule has 8 heteroatoms. The van der Waals surface area contributed by atoms with E-state index in [1.807, 2.05) is 6.92 Å². The van der Waals surface area contributed by atoms with Crippen molar-refractivity contribution in [2.45, 2.75) is 45.6 Å². The number of amides is 1. The number of nitrogens with zero attached hydrogens (tertiary/aromatic N) is 2. The van der Waals surface area contributed by atoms with E-state index < -0.39 is 12.0 Å². The van der Waals surface area contributed by atoms with Crippen molar-refractivity contribution in [1.82, 2.24) is 10.4 Å². The van der Waals surface area contributed by atoms with Gasteiger partial charge in [0.25, 0.3) is 0 Å². The topological polar surface area (TPSA) is 134 Å². The van der Waals surface area contributed by atoms with Crippen molar-refractivity contribution >= 4 is 17.8 Å². The Hall–Kier alpha value is -1.83. The maximum atomic E-state index is 11.6. The number of aliphatic carboxylic acids is 1. The van der Waals surface area contributed by atoms with Gasteiger partial charge in [-0.05, 0) is 19.3 Å². The first kappa shape index (κ1) is 18.2. The minimum atomic E-state index is -1.05. The molecule has 8 nitrogen and oxygen atoms in total. The van der Waals surface area contributed by atoms with Crippen LogP contribution >= 0.6 is 0 Å². The van der Waals surface area contributed by atoms with Crippen molar-refractivity contribution in [3.05, 3.63) is 0 Å². The number of hydrazine groups is 1. The van der Waals surface area contributed by atoms with Crippen molar-refractivity contribution in [2.75, 3.05) is 13.1 Å². The lowest BCUT2D eigenvalue weighted by atomic mass is 10.1. The Labute approximate surface area is 119 Å². The molecule has 116 valence electrons. The number of nitrogens with one attached hydrogen (secondary N) is 1. The number of unbranched alkanes of at least 4 members (excludes halogenated alkanes) is 1. The molecule has 0 heterocycles. The van der Waals surface area contributed by atoms with E-state index in [4.69, 9.17) is 11.5 Å². The molecule has 0 aliphatic heterocycles. The predicted octanol–water partition coefficient (Wildman–Crippen LogP) is -0.354. The second-order valence-corrected chi connectivity index (χ2v) is 4.45. The quantitative estimate of drug-likeness (QED) is 0.188. The molecule has 0 aliphatic rings. The number of carbonyl (C=O) groups is 2. The minimum Gasteiger partial charge on any atom is -0.480 e. The number of guanidine groups is 1. The van der Waals surface area contributed by atoms with Crippen molar-refractivity contribution in [2.24, 2.45) is 16.5 Å². The van der Waals surface area contributed by atoms with Gasteiger partial charge >= 0.3 is 5.97 Å². The zero-order valence-corrected chi connectivity index (χ0v) is 12.1. The largest absolute Gasteiger partial charge is 0.480 e. The van der Waals surface area contributed by atoms with Crippen molar-refractivity contribution in [3.63, 3.8) is 0 Å². The predicted molar refractivity (Wildman–Crippen MR) is 76.8 cm³/mol. The highest BCUT2D eigenvalue weighted by Gasteiger charge is 2.27. The van der Waals surface area contributed by atoms with Crippen LogP contribution in [-0.2, 0) is 9.59 Å². The number of hydrogen-bond acceptors (Lipinski definition) is 4. The summed E-state index contributed by atoms with van der Waals surface area (Å²) < 4.78 is 0. The third-order valence-electron chi connectivity index (χ3n) is 2.68. The van der Waals surface area contributed by atoms with Crippen LogP contribution in [0.15, 0.2) is 4.99 Å². The zero-order chi connectivity index (χ0) is 15.5. The normalized spacial score (nSPS) is 11.7. The molecule has 0 fully saturated rings. The van der Waals surface area contributed by atoms with Crippen LogP contribution < -0.4 is 16.9 Å². The lowest BCUT2D eigenvalue weighted by Gasteiger charge is -2.28. The van der Waals surface area contributed by atoms with Gasteiger partial charge in [-0.25, -0.2) is 10.2 Å². The van der Waals surface area contributed by atoms with E-state index >= 15 is 0 Å². The standard InChI is InChI=1S/C12H25N5O3/c1-3-4-8-16-17(9(2)18)10(11(19)20)6-5-7-15-12(13)14/h10,16H,3-8H2,1-2H3,(H,19,20)(H4,13,14,15)/t10-/m0/s1. The van der Waals surface area contributed by atoms with E-state index in [-0.39, 0.29) is 18.3 Å². The Kier molecular flexibility index (Phi) is 9.10. The molecule has 1 atom stereocenters. The summed E-state index contributed by atoms with van der Waals surface area (Å²) in [6.45, 7) is 4.26. The third kappa shape index (κ3) is 7.57. The first-order valence-corrected chi connectivity index (χ1v) is 6.71. The second-order valence-electron chi connectivity index (χ2n) is 4.45. The minimum absolute atomic E-state index is 0.0265. The van der Waals surface area contributed by atoms with Gasteiger partial charge in [0.15, 0.2) is 5.96 Å². The number of hydrogen-bond donors (Lipinski definition) is 4. The summed E-state index contributed by atoms with van der Waals surface area (Å²) in [4.78, 5) is 26.6. The molecule has 0 saturated carbocycles. The van der Waals surface area contributed by atoms with Crippen LogP contribution in [0.25, 0.3) is 0 Å². The molecule has 0 aliphatic carbocycles. The fourth-order valence-corrected chi connectivity index (χ4v) is 1.67. The van der Waals surface area contributed by atoms with Gasteiger partial charge in [-0.2, -0.15) is 0 Å². The summed E-state index contributed by atoms with van der Waals surface area (Å²) in [5, 5.41) is 10.4. The van der Waals surface area contributed by atoms with Gasteiger partial charge in [-0.15, -0.1) is 0 Å². The number of nitrogens with two attached hydrogens (primary N) is 2. The Morgan fingerprint density at radius 1 is 1.35 bits per heavy atom. The molecule has 0 radical (unpaired) electrons. The van der Waals surface area contributed by atoms with Crippen molar-refractivity contribution in [1.29, 1.82) is 0 Å². The summed E-state index contributed by atoms with van der Waals surface area (Å²) in [7, 11) is 0. The van der Waals surface area contributed by atoms with Crippen LogP contribution in [0, 0.1) is 0 Å². The number of carbonyl (C=O) groups excluding carboxylic acids is 1. The summed E-state index contributed by atoms with van der Waals surface area (Å²) in [6.07, 6.45) is 2.59. The Morgan fingerprint density at radius 2 is 2.00 bits per heavy atom. The molecule has 1 amide bonds. The van der Waals surface area contributed by atoms with Crippen molar-refractivity contribution < 1.29 is 14.7 Å². The van der Waals surface area contributed by atoms with Gasteiger partial charge in [0.2, 0.25) is 5.91 Å². The van der Waals surface area contributed by atoms with Gasteiger partial charge in [-0.1, -0.05) is 13.3 Å². The molecular weight excluding hydrogens is 262 g/mol. The molecule has 0 aromatic carbocycles. The SMILES string of the molecule is CCCCNN(C(C)=O)[C@@H](CCCN=C(N)N)C(=O)O. The van der Waals surface area contributed by atoms with Crippen LogP contribution in [0.4, 0.5) is 0 Å². The van der Waals surface area contributed by atoms with Crippen LogP contribution in [0.2, 0.25) is 0 Å². The molecule has 6 N–H and O–H groups in total. The molecule has 0 bridgehead atoms. The Morgan fingerprint density at radius 3 is 2.45 bits per heavy atom. The zero-order valence-electron chi connectivity index (χ0n) is 12.1. The highest BCUT2D eigenvalue weighted by molar-refractivity contribution is 5.81. The monoisotopic (exact) mass is 287 g/mol. The van der Waals surface area contributed by atoms with E-state index in [0.717, 1.165) is 12.8 Å². The fraction of sp³-hybridized carbons (Fsp3) is 0.750. The summed E-state index contributed by atoms with van der Waals surface area (Å²) in [5.74, 6) is -1.40. The molecule has 0 rings (SSSR count). The Bertz CT molecular complexity index is 342. The van der Waals surface area contributed by atoms with E-state index in [1.165, 1.54) is 11.9 Å². The van der Waals surface area contributed by atoms with Crippen LogP contribution in [-0.4, -0.2) is 47.1 Å². The van der Waals surface area contributed by atoms with Crippen molar-refractivity contribution in [3.8, 4) is 0 Å². The molecule has 0 spiro atoms. The second kappa shape index (κ2) is 10.0. The first-order valence-electron chi connectivity index (χ1n) is 6.71. The maximum absolute atomic E-state index is 11.6. The average Bonchev–Trinajstić information content (AvgIpc) is 2.35. The number of aliphatic imine (C=N–C) groups is 1. The van der Waals surface area contributed by atoms with Crippen LogP contribution in [0.3, 0.4) is 0 Å². The molecule has 0 aromatic rings. The Balaban J connectivity index is 4.52. The number of carboxylic acids is 1. The lowest BCUT2D eigenvalue weighted by molar-refractivity contribution is -0.152. The fourth-order valence-electron chi connectivity index (χ4n) is 1.67. The molecular formula is C12H25N5O3. The summed E-state index contributed by atoms with van der Waals surface area (Å²) in [5.41, 5.74) is 13.3. The van der Waals surface area contributed by atoms with Gasteiger partial charge < -0.3 is 16.6 Å². The summed E-state index contributed by atoms with van der Waals surface area (Å²) in [6, 6.07) is -0.918. The highest BCUT2D eigenvalue weighted by atomic mass is 16.4. The highest BCUT2D eigenvalue weighted by Crippen LogP contribution is 2.07. The van der Waals surface area contributed by atoms with E-state index in [0.29, 0.717) is 19.5 Å². The molecule has 0 aromatic heterocycles. The van der Waals surface area contributed by atoms with Crippen LogP contribution in [0.5, 0.6) is 0 Å². The number of carboxylic acid groups (broad SMARTS) is 1. The van der Waals surface area contributed by atoms with E-state index in [2.05, 4.69) is 10.4 Å². The molecule has 20 heavy (non-hydrogen) atoms. The summed E-state index contributed by atoms with van der Waals surface area (Å²) >= 11 is 0. The van der Waals surface area contributed by atoms with Crippen LogP contribution in [0.1, 0.15) is 39.5 Å². The average molecular weight is 287 g/mol. The lowest BCUT2D eigenvalue weighted by Crippen LogP contribution is -2.52.